The molecule has 0 saturated carbocycles. The highest BCUT2D eigenvalue weighted by Crippen LogP contribution is 2.12. The Balaban J connectivity index is 4.31. The first-order valence-electron chi connectivity index (χ1n) is 4.65. The Hall–Kier alpha value is -0.760. The van der Waals surface area contributed by atoms with Gasteiger partial charge in [0.2, 0.25) is 0 Å². The van der Waals surface area contributed by atoms with E-state index >= 15 is 0 Å². The predicted molar refractivity (Wildman–Crippen MR) is 57.6 cm³/mol. The van der Waals surface area contributed by atoms with Crippen LogP contribution in [0.1, 0.15) is 20.8 Å². The largest absolute Gasteiger partial charge is 0.390 e. The van der Waals surface area contributed by atoms with Gasteiger partial charge in [-0.2, -0.15) is 0 Å². The van der Waals surface area contributed by atoms with Crippen molar-refractivity contribution in [3.05, 3.63) is 23.4 Å². The van der Waals surface area contributed by atoms with Crippen LogP contribution in [0, 0.1) is 5.92 Å². The van der Waals surface area contributed by atoms with E-state index in [0.29, 0.717) is 12.5 Å². The molecule has 0 aliphatic rings. The highest BCUT2D eigenvalue weighted by Gasteiger charge is 2.01. The second-order valence-electron chi connectivity index (χ2n) is 3.20. The normalized spacial score (nSPS) is 15.8. The van der Waals surface area contributed by atoms with Crippen LogP contribution in [0.4, 0.5) is 0 Å². The topological polar surface area (TPSA) is 21.3 Å². The van der Waals surface area contributed by atoms with Gasteiger partial charge >= 0.3 is 0 Å². The second kappa shape index (κ2) is 6.72. The summed E-state index contributed by atoms with van der Waals surface area (Å²) in [5, 5.41) is 3.12. The highest BCUT2D eigenvalue weighted by atomic mass is 16.5. The predicted octanol–water partition coefficient (Wildman–Crippen LogP) is 2.34. The molecule has 0 aliphatic heterocycles. The van der Waals surface area contributed by atoms with Gasteiger partial charge in [0, 0.05) is 19.9 Å². The number of rotatable bonds is 5. The second-order valence-corrected chi connectivity index (χ2v) is 3.20. The van der Waals surface area contributed by atoms with Gasteiger partial charge in [-0.1, -0.05) is 24.6 Å². The minimum atomic E-state index is 0.475. The standard InChI is InChI=1S/C11H21NO/c1-6-9(2)10(3)7-11(12-4)8-13-5/h6-7,10,12H,8H2,1-5H3/b9-6-,11-7-. The molecule has 1 atom stereocenters. The number of allylic oxidation sites excluding steroid dienone is 3. The fourth-order valence-electron chi connectivity index (χ4n) is 1.06. The van der Waals surface area contributed by atoms with E-state index < -0.39 is 0 Å². The lowest BCUT2D eigenvalue weighted by atomic mass is 10.0. The third kappa shape index (κ3) is 4.73. The first-order valence-corrected chi connectivity index (χ1v) is 4.65. The van der Waals surface area contributed by atoms with Crippen LogP contribution >= 0.6 is 0 Å². The van der Waals surface area contributed by atoms with Crippen molar-refractivity contribution in [3.63, 3.8) is 0 Å². The molecule has 13 heavy (non-hydrogen) atoms. The van der Waals surface area contributed by atoms with E-state index in [1.807, 2.05) is 7.05 Å². The van der Waals surface area contributed by atoms with Crippen LogP contribution in [0.2, 0.25) is 0 Å². The van der Waals surface area contributed by atoms with Gasteiger partial charge in [0.15, 0.2) is 0 Å². The molecule has 0 amide bonds. The molecule has 0 aromatic heterocycles. The molecule has 2 heteroatoms. The smallest absolute Gasteiger partial charge is 0.0855 e. The molecule has 0 bridgehead atoms. The van der Waals surface area contributed by atoms with Gasteiger partial charge in [-0.25, -0.2) is 0 Å². The maximum absolute atomic E-state index is 5.06. The third-order valence-corrected chi connectivity index (χ3v) is 2.25. The highest BCUT2D eigenvalue weighted by molar-refractivity contribution is 5.13. The van der Waals surface area contributed by atoms with Crippen LogP contribution in [0.3, 0.4) is 0 Å². The Labute approximate surface area is 81.7 Å². The maximum atomic E-state index is 5.06. The molecular formula is C11H21NO. The van der Waals surface area contributed by atoms with E-state index in [4.69, 9.17) is 4.74 Å². The van der Waals surface area contributed by atoms with E-state index in [1.54, 1.807) is 7.11 Å². The van der Waals surface area contributed by atoms with Gasteiger partial charge in [0.25, 0.3) is 0 Å². The Morgan fingerprint density at radius 2 is 2.15 bits per heavy atom. The van der Waals surface area contributed by atoms with E-state index in [2.05, 4.69) is 38.2 Å². The van der Waals surface area contributed by atoms with Gasteiger partial charge < -0.3 is 10.1 Å². The van der Waals surface area contributed by atoms with Crippen LogP contribution < -0.4 is 5.32 Å². The van der Waals surface area contributed by atoms with Crippen molar-refractivity contribution in [1.82, 2.24) is 5.32 Å². The van der Waals surface area contributed by atoms with Gasteiger partial charge in [-0.15, -0.1) is 0 Å². The quantitative estimate of drug-likeness (QED) is 0.661. The van der Waals surface area contributed by atoms with E-state index in [9.17, 15) is 0 Å². The fourth-order valence-corrected chi connectivity index (χ4v) is 1.06. The van der Waals surface area contributed by atoms with Crippen LogP contribution in [0.5, 0.6) is 0 Å². The summed E-state index contributed by atoms with van der Waals surface area (Å²) in [6, 6.07) is 0. The van der Waals surface area contributed by atoms with Gasteiger partial charge in [-0.05, 0) is 19.8 Å². The molecule has 1 unspecified atom stereocenters. The molecule has 0 heterocycles. The summed E-state index contributed by atoms with van der Waals surface area (Å²) in [5.41, 5.74) is 2.51. The number of likely N-dealkylation sites (N-methyl/N-ethyl adjacent to an activating group) is 1. The first-order chi connectivity index (χ1) is 6.15. The summed E-state index contributed by atoms with van der Waals surface area (Å²) in [4.78, 5) is 0. The summed E-state index contributed by atoms with van der Waals surface area (Å²) >= 11 is 0. The molecule has 0 spiro atoms. The zero-order chi connectivity index (χ0) is 10.3. The lowest BCUT2D eigenvalue weighted by molar-refractivity contribution is 0.220. The molecule has 0 radical (unpaired) electrons. The van der Waals surface area contributed by atoms with Crippen LogP contribution in [-0.2, 0) is 4.74 Å². The number of ether oxygens (including phenoxy) is 1. The maximum Gasteiger partial charge on any atom is 0.0855 e. The molecule has 0 fully saturated rings. The van der Waals surface area contributed by atoms with Crippen molar-refractivity contribution in [3.8, 4) is 0 Å². The molecule has 0 aromatic rings. The lowest BCUT2D eigenvalue weighted by Gasteiger charge is -2.11. The van der Waals surface area contributed by atoms with Crippen molar-refractivity contribution in [2.75, 3.05) is 20.8 Å². The van der Waals surface area contributed by atoms with Crippen molar-refractivity contribution in [2.24, 2.45) is 5.92 Å². The van der Waals surface area contributed by atoms with Crippen LogP contribution in [0.15, 0.2) is 23.4 Å². The van der Waals surface area contributed by atoms with E-state index in [-0.39, 0.29) is 0 Å². The zero-order valence-corrected chi connectivity index (χ0v) is 9.35. The summed E-state index contributed by atoms with van der Waals surface area (Å²) < 4.78 is 5.06. The van der Waals surface area contributed by atoms with Crippen molar-refractivity contribution < 1.29 is 4.74 Å². The minimum Gasteiger partial charge on any atom is -0.390 e. The molecule has 1 N–H and O–H groups in total. The molecule has 0 saturated heterocycles. The molecule has 0 rings (SSSR count). The molecule has 76 valence electrons. The average molecular weight is 183 g/mol. The molecule has 2 nitrogen and oxygen atoms in total. The Morgan fingerprint density at radius 3 is 2.54 bits per heavy atom. The van der Waals surface area contributed by atoms with E-state index in [1.165, 1.54) is 5.57 Å². The van der Waals surface area contributed by atoms with Crippen LogP contribution in [-0.4, -0.2) is 20.8 Å². The molecule has 0 aliphatic carbocycles. The average Bonchev–Trinajstić information content (AvgIpc) is 2.15. The third-order valence-electron chi connectivity index (χ3n) is 2.25. The first kappa shape index (κ1) is 12.2. The summed E-state index contributed by atoms with van der Waals surface area (Å²) in [6.07, 6.45) is 4.33. The monoisotopic (exact) mass is 183 g/mol. The Kier molecular flexibility index (Phi) is 6.33. The van der Waals surface area contributed by atoms with Crippen LogP contribution in [0.25, 0.3) is 0 Å². The number of methoxy groups -OCH3 is 1. The van der Waals surface area contributed by atoms with Crippen molar-refractivity contribution >= 4 is 0 Å². The van der Waals surface area contributed by atoms with E-state index in [0.717, 1.165) is 5.70 Å². The number of nitrogens with one attached hydrogen (secondary N) is 1. The van der Waals surface area contributed by atoms with Gasteiger partial charge in [0.1, 0.15) is 0 Å². The summed E-state index contributed by atoms with van der Waals surface area (Å²) in [5.74, 6) is 0.475. The number of hydrogen-bond donors (Lipinski definition) is 1. The fraction of sp³-hybridized carbons (Fsp3) is 0.636. The molecule has 0 aromatic carbocycles. The number of hydrogen-bond acceptors (Lipinski definition) is 2. The summed E-state index contributed by atoms with van der Waals surface area (Å²) in [6.45, 7) is 7.04. The lowest BCUT2D eigenvalue weighted by Crippen LogP contribution is -2.12. The van der Waals surface area contributed by atoms with Gasteiger partial charge in [-0.3, -0.25) is 0 Å². The minimum absolute atomic E-state index is 0.475. The Morgan fingerprint density at radius 1 is 1.54 bits per heavy atom. The SMILES string of the molecule is C/C=C(/C)C(C)/C=C(/COC)NC. The van der Waals surface area contributed by atoms with Crippen molar-refractivity contribution in [2.45, 2.75) is 20.8 Å². The summed E-state index contributed by atoms with van der Waals surface area (Å²) in [7, 11) is 3.63. The Bertz CT molecular complexity index is 194. The van der Waals surface area contributed by atoms with Crippen molar-refractivity contribution in [1.29, 1.82) is 0 Å². The molecular weight excluding hydrogens is 162 g/mol. The zero-order valence-electron chi connectivity index (χ0n) is 9.35. The van der Waals surface area contributed by atoms with Gasteiger partial charge in [0.05, 0.1) is 6.61 Å².